The third-order valence-corrected chi connectivity index (χ3v) is 4.46. The van der Waals surface area contributed by atoms with Crippen molar-refractivity contribution in [3.63, 3.8) is 0 Å². The molecule has 96 valence electrons. The van der Waals surface area contributed by atoms with E-state index in [2.05, 4.69) is 0 Å². The summed E-state index contributed by atoms with van der Waals surface area (Å²) in [7, 11) is 0. The van der Waals surface area contributed by atoms with Crippen molar-refractivity contribution in [1.82, 2.24) is 4.90 Å². The lowest BCUT2D eigenvalue weighted by Gasteiger charge is -2.21. The van der Waals surface area contributed by atoms with Crippen molar-refractivity contribution in [3.8, 4) is 0 Å². The molecule has 1 N–H and O–H groups in total. The quantitative estimate of drug-likeness (QED) is 0.885. The number of carboxylic acids is 1. The van der Waals surface area contributed by atoms with E-state index in [9.17, 15) is 9.59 Å². The lowest BCUT2D eigenvalue weighted by atomic mass is 10.2. The second kappa shape index (κ2) is 4.39. The zero-order valence-corrected chi connectivity index (χ0v) is 10.7. The molecular formula is C13H15NO3S. The normalized spacial score (nSPS) is 25.8. The Morgan fingerprint density at radius 2 is 2.17 bits per heavy atom. The molecule has 1 aromatic heterocycles. The van der Waals surface area contributed by atoms with Crippen LogP contribution in [0, 0.1) is 11.8 Å². The van der Waals surface area contributed by atoms with Gasteiger partial charge < -0.3 is 10.0 Å². The van der Waals surface area contributed by atoms with E-state index in [-0.39, 0.29) is 11.8 Å². The molecule has 0 spiro atoms. The number of aliphatic carboxylic acids is 1. The van der Waals surface area contributed by atoms with Crippen LogP contribution in [-0.4, -0.2) is 27.9 Å². The number of carbonyl (C=O) groups excluding carboxylic acids is 1. The highest BCUT2D eigenvalue weighted by Gasteiger charge is 2.51. The van der Waals surface area contributed by atoms with E-state index < -0.39 is 11.9 Å². The average molecular weight is 265 g/mol. The van der Waals surface area contributed by atoms with Crippen LogP contribution in [0.5, 0.6) is 0 Å². The summed E-state index contributed by atoms with van der Waals surface area (Å²) < 4.78 is 0. The van der Waals surface area contributed by atoms with Crippen molar-refractivity contribution in [2.75, 3.05) is 0 Å². The van der Waals surface area contributed by atoms with Crippen molar-refractivity contribution in [2.45, 2.75) is 31.8 Å². The standard InChI is InChI=1S/C13H15NO3S/c15-12(10-6-11(10)13(16)17)14(8-3-4-8)7-9-2-1-5-18-9/h1-2,5,8,10-11H,3-4,6-7H2,(H,16,17). The molecule has 4 nitrogen and oxygen atoms in total. The minimum atomic E-state index is -0.833. The van der Waals surface area contributed by atoms with Crippen molar-refractivity contribution < 1.29 is 14.7 Å². The Hall–Kier alpha value is -1.36. The van der Waals surface area contributed by atoms with Gasteiger partial charge in [-0.15, -0.1) is 11.3 Å². The van der Waals surface area contributed by atoms with Gasteiger partial charge in [-0.3, -0.25) is 9.59 Å². The summed E-state index contributed by atoms with van der Waals surface area (Å²) in [4.78, 5) is 26.2. The molecule has 2 atom stereocenters. The zero-order valence-electron chi connectivity index (χ0n) is 9.91. The predicted octanol–water partition coefficient (Wildman–Crippen LogP) is 1.96. The molecule has 2 fully saturated rings. The summed E-state index contributed by atoms with van der Waals surface area (Å²) in [5.74, 6) is -1.51. The molecule has 1 aromatic rings. The molecule has 0 aromatic carbocycles. The molecule has 2 saturated carbocycles. The molecule has 1 heterocycles. The zero-order chi connectivity index (χ0) is 12.7. The Morgan fingerprint density at radius 1 is 1.39 bits per heavy atom. The number of rotatable bonds is 5. The smallest absolute Gasteiger partial charge is 0.307 e. The molecule has 3 rings (SSSR count). The molecule has 5 heteroatoms. The fraction of sp³-hybridized carbons (Fsp3) is 0.538. The second-order valence-electron chi connectivity index (χ2n) is 5.06. The third-order valence-electron chi connectivity index (χ3n) is 3.60. The second-order valence-corrected chi connectivity index (χ2v) is 6.10. The monoisotopic (exact) mass is 265 g/mol. The number of amides is 1. The highest BCUT2D eigenvalue weighted by Crippen LogP contribution is 2.42. The van der Waals surface area contributed by atoms with Gasteiger partial charge >= 0.3 is 5.97 Å². The number of carbonyl (C=O) groups is 2. The Balaban J connectivity index is 1.67. The lowest BCUT2D eigenvalue weighted by Crippen LogP contribution is -2.34. The first-order valence-corrected chi connectivity index (χ1v) is 7.10. The number of nitrogens with zero attached hydrogens (tertiary/aromatic N) is 1. The van der Waals surface area contributed by atoms with Crippen molar-refractivity contribution in [2.24, 2.45) is 11.8 Å². The molecule has 18 heavy (non-hydrogen) atoms. The molecule has 0 aliphatic heterocycles. The van der Waals surface area contributed by atoms with E-state index in [0.29, 0.717) is 19.0 Å². The van der Waals surface area contributed by atoms with Gasteiger partial charge in [0.05, 0.1) is 18.4 Å². The molecule has 2 aliphatic carbocycles. The van der Waals surface area contributed by atoms with Gasteiger partial charge in [-0.05, 0) is 30.7 Å². The molecule has 2 aliphatic rings. The van der Waals surface area contributed by atoms with Crippen molar-refractivity contribution in [3.05, 3.63) is 22.4 Å². The predicted molar refractivity (Wildman–Crippen MR) is 67.1 cm³/mol. The number of thiophene rings is 1. The highest BCUT2D eigenvalue weighted by atomic mass is 32.1. The Morgan fingerprint density at radius 3 is 2.67 bits per heavy atom. The van der Waals surface area contributed by atoms with Crippen LogP contribution in [0.1, 0.15) is 24.1 Å². The summed E-state index contributed by atoms with van der Waals surface area (Å²) >= 11 is 1.64. The molecule has 2 unspecified atom stereocenters. The van der Waals surface area contributed by atoms with Gasteiger partial charge in [0, 0.05) is 10.9 Å². The van der Waals surface area contributed by atoms with Gasteiger partial charge in [-0.2, -0.15) is 0 Å². The Labute approximate surface area is 109 Å². The van der Waals surface area contributed by atoms with Crippen LogP contribution >= 0.6 is 11.3 Å². The SMILES string of the molecule is O=C(O)C1CC1C(=O)N(Cc1cccs1)C1CC1. The maximum absolute atomic E-state index is 12.3. The minimum Gasteiger partial charge on any atom is -0.481 e. The fourth-order valence-electron chi connectivity index (χ4n) is 2.30. The first-order valence-electron chi connectivity index (χ1n) is 6.22. The van der Waals surface area contributed by atoms with Crippen LogP contribution in [0.4, 0.5) is 0 Å². The van der Waals surface area contributed by atoms with Gasteiger partial charge in [-0.1, -0.05) is 6.07 Å². The molecule has 0 bridgehead atoms. The number of hydrogen-bond acceptors (Lipinski definition) is 3. The number of carboxylic acid groups (broad SMARTS) is 1. The van der Waals surface area contributed by atoms with Crippen molar-refractivity contribution in [1.29, 1.82) is 0 Å². The summed E-state index contributed by atoms with van der Waals surface area (Å²) in [6.07, 6.45) is 2.63. The molecule has 0 saturated heterocycles. The molecular weight excluding hydrogens is 250 g/mol. The van der Waals surface area contributed by atoms with Crippen LogP contribution in [-0.2, 0) is 16.1 Å². The third kappa shape index (κ3) is 2.27. The largest absolute Gasteiger partial charge is 0.481 e. The average Bonchev–Trinajstić information content (AvgIpc) is 3.24. The fourth-order valence-corrected chi connectivity index (χ4v) is 3.00. The molecule has 0 radical (unpaired) electrons. The summed E-state index contributed by atoms with van der Waals surface area (Å²) in [6, 6.07) is 4.34. The van der Waals surface area contributed by atoms with Gasteiger partial charge in [0.1, 0.15) is 0 Å². The first-order chi connectivity index (χ1) is 8.66. The Bertz CT molecular complexity index is 467. The maximum atomic E-state index is 12.3. The summed E-state index contributed by atoms with van der Waals surface area (Å²) in [5, 5.41) is 10.9. The van der Waals surface area contributed by atoms with E-state index in [0.717, 1.165) is 12.8 Å². The van der Waals surface area contributed by atoms with Gasteiger partial charge in [-0.25, -0.2) is 0 Å². The maximum Gasteiger partial charge on any atom is 0.307 e. The van der Waals surface area contributed by atoms with Crippen LogP contribution in [0.3, 0.4) is 0 Å². The first kappa shape index (κ1) is 11.7. The van der Waals surface area contributed by atoms with Crippen molar-refractivity contribution >= 4 is 23.2 Å². The van der Waals surface area contributed by atoms with Gasteiger partial charge in [0.15, 0.2) is 0 Å². The van der Waals surface area contributed by atoms with E-state index in [1.165, 1.54) is 4.88 Å². The van der Waals surface area contributed by atoms with Crippen LogP contribution in [0.15, 0.2) is 17.5 Å². The van der Waals surface area contributed by atoms with Gasteiger partial charge in [0.2, 0.25) is 5.91 Å². The van der Waals surface area contributed by atoms with Crippen LogP contribution in [0.25, 0.3) is 0 Å². The minimum absolute atomic E-state index is 0.0401. The van der Waals surface area contributed by atoms with Gasteiger partial charge in [0.25, 0.3) is 0 Å². The van der Waals surface area contributed by atoms with E-state index in [1.54, 1.807) is 11.3 Å². The van der Waals surface area contributed by atoms with E-state index in [4.69, 9.17) is 5.11 Å². The Kier molecular flexibility index (Phi) is 2.86. The topological polar surface area (TPSA) is 57.6 Å². The summed E-state index contributed by atoms with van der Waals surface area (Å²) in [6.45, 7) is 0.643. The van der Waals surface area contributed by atoms with E-state index in [1.807, 2.05) is 22.4 Å². The highest BCUT2D eigenvalue weighted by molar-refractivity contribution is 7.09. The van der Waals surface area contributed by atoms with Crippen LogP contribution in [0.2, 0.25) is 0 Å². The molecule has 1 amide bonds. The number of hydrogen-bond donors (Lipinski definition) is 1. The van der Waals surface area contributed by atoms with E-state index >= 15 is 0 Å². The van der Waals surface area contributed by atoms with Crippen LogP contribution < -0.4 is 0 Å². The lowest BCUT2D eigenvalue weighted by molar-refractivity contribution is -0.142. The summed E-state index contributed by atoms with van der Waals surface area (Å²) in [5.41, 5.74) is 0.